The molecule has 0 saturated carbocycles. The van der Waals surface area contributed by atoms with Crippen LogP contribution < -0.4 is 0 Å². The average molecular weight is 379 g/mol. The first-order valence-corrected chi connectivity index (χ1v) is 9.56. The topological polar surface area (TPSA) is 64.1 Å². The van der Waals surface area contributed by atoms with Gasteiger partial charge in [-0.15, -0.1) is 5.10 Å². The second-order valence-electron chi connectivity index (χ2n) is 7.74. The lowest BCUT2D eigenvalue weighted by molar-refractivity contribution is 0.202. The van der Waals surface area contributed by atoms with Gasteiger partial charge in [-0.1, -0.05) is 0 Å². The van der Waals surface area contributed by atoms with Gasteiger partial charge in [0.1, 0.15) is 11.0 Å². The number of imidazole rings is 1. The van der Waals surface area contributed by atoms with Gasteiger partial charge in [0, 0.05) is 5.56 Å². The molecule has 0 aliphatic carbocycles. The monoisotopic (exact) mass is 379 g/mol. The molecule has 8 heteroatoms. The van der Waals surface area contributed by atoms with Gasteiger partial charge in [-0.3, -0.25) is 0 Å². The molecule has 5 rings (SSSR count). The van der Waals surface area contributed by atoms with Crippen molar-refractivity contribution in [2.75, 3.05) is 20.1 Å². The zero-order valence-corrected chi connectivity index (χ0v) is 16.2. The molecule has 3 aromatic heterocycles. The standard InChI is InChI=1S/C20H22FN7/c1-12-8-17(23-27-11-13(2)22-20(12)27)14-9-16(21)19-18(10-14)24-28(25-19)15-4-6-26(3)7-5-15/h8-11,15H,4-7H2,1-3H3. The molecule has 0 bridgehead atoms. The van der Waals surface area contributed by atoms with E-state index in [1.54, 1.807) is 9.31 Å². The Bertz CT molecular complexity index is 1180. The Morgan fingerprint density at radius 2 is 1.82 bits per heavy atom. The van der Waals surface area contributed by atoms with Crippen molar-refractivity contribution < 1.29 is 4.39 Å². The summed E-state index contributed by atoms with van der Waals surface area (Å²) in [5.41, 5.74) is 4.98. The first-order chi connectivity index (χ1) is 13.5. The van der Waals surface area contributed by atoms with Crippen molar-refractivity contribution in [2.45, 2.75) is 32.7 Å². The fraction of sp³-hybridized carbons (Fsp3) is 0.400. The van der Waals surface area contributed by atoms with Crippen LogP contribution in [0.5, 0.6) is 0 Å². The average Bonchev–Trinajstić information content (AvgIpc) is 3.26. The van der Waals surface area contributed by atoms with Crippen LogP contribution in [-0.2, 0) is 0 Å². The molecule has 1 saturated heterocycles. The number of aromatic nitrogens is 6. The maximum absolute atomic E-state index is 14.8. The molecule has 0 N–H and O–H groups in total. The molecule has 0 atom stereocenters. The summed E-state index contributed by atoms with van der Waals surface area (Å²) in [7, 11) is 2.11. The molecule has 4 heterocycles. The second kappa shape index (κ2) is 6.34. The Morgan fingerprint density at radius 3 is 2.61 bits per heavy atom. The molecule has 7 nitrogen and oxygen atoms in total. The molecule has 28 heavy (non-hydrogen) atoms. The Balaban J connectivity index is 1.57. The van der Waals surface area contributed by atoms with E-state index in [1.807, 2.05) is 32.2 Å². The molecule has 1 fully saturated rings. The first-order valence-electron chi connectivity index (χ1n) is 9.56. The van der Waals surface area contributed by atoms with E-state index >= 15 is 0 Å². The van der Waals surface area contributed by atoms with Crippen LogP contribution >= 0.6 is 0 Å². The van der Waals surface area contributed by atoms with Gasteiger partial charge in [-0.25, -0.2) is 13.9 Å². The Morgan fingerprint density at radius 1 is 1.04 bits per heavy atom. The van der Waals surface area contributed by atoms with E-state index in [-0.39, 0.29) is 11.9 Å². The van der Waals surface area contributed by atoms with Gasteiger partial charge < -0.3 is 4.90 Å². The minimum atomic E-state index is -0.368. The zero-order chi connectivity index (χ0) is 19.4. The number of hydrogen-bond acceptors (Lipinski definition) is 5. The summed E-state index contributed by atoms with van der Waals surface area (Å²) >= 11 is 0. The Kier molecular flexibility index (Phi) is 3.90. The maximum Gasteiger partial charge on any atom is 0.156 e. The van der Waals surface area contributed by atoms with Crippen molar-refractivity contribution >= 4 is 16.7 Å². The third-order valence-corrected chi connectivity index (χ3v) is 5.50. The summed E-state index contributed by atoms with van der Waals surface area (Å²) in [5.74, 6) is -0.368. The fourth-order valence-corrected chi connectivity index (χ4v) is 3.92. The molecule has 0 amide bonds. The highest BCUT2D eigenvalue weighted by Gasteiger charge is 2.22. The van der Waals surface area contributed by atoms with Gasteiger partial charge in [-0.2, -0.15) is 15.0 Å². The molecule has 4 aromatic rings. The molecular weight excluding hydrogens is 357 g/mol. The van der Waals surface area contributed by atoms with E-state index in [9.17, 15) is 4.39 Å². The van der Waals surface area contributed by atoms with Crippen LogP contribution in [0, 0.1) is 19.7 Å². The molecular formula is C20H22FN7. The predicted octanol–water partition coefficient (Wildman–Crippen LogP) is 3.16. The molecule has 1 aliphatic rings. The van der Waals surface area contributed by atoms with Crippen molar-refractivity contribution in [1.82, 2.24) is 34.5 Å². The molecule has 0 unspecified atom stereocenters. The highest BCUT2D eigenvalue weighted by atomic mass is 19.1. The van der Waals surface area contributed by atoms with Gasteiger partial charge in [0.2, 0.25) is 0 Å². The lowest BCUT2D eigenvalue weighted by atomic mass is 10.1. The first kappa shape index (κ1) is 17.2. The summed E-state index contributed by atoms with van der Waals surface area (Å²) in [6.45, 7) is 5.92. The number of benzene rings is 1. The smallest absolute Gasteiger partial charge is 0.156 e. The minimum absolute atomic E-state index is 0.220. The lowest BCUT2D eigenvalue weighted by Gasteiger charge is -2.27. The number of halogens is 1. The number of aryl methyl sites for hydroxylation is 2. The van der Waals surface area contributed by atoms with E-state index in [0.29, 0.717) is 22.3 Å². The predicted molar refractivity (Wildman–Crippen MR) is 105 cm³/mol. The second-order valence-corrected chi connectivity index (χ2v) is 7.74. The zero-order valence-electron chi connectivity index (χ0n) is 16.2. The summed E-state index contributed by atoms with van der Waals surface area (Å²) in [6.07, 6.45) is 3.82. The van der Waals surface area contributed by atoms with E-state index in [2.05, 4.69) is 32.2 Å². The number of rotatable bonds is 2. The highest BCUT2D eigenvalue weighted by Crippen LogP contribution is 2.27. The van der Waals surface area contributed by atoms with Gasteiger partial charge in [0.25, 0.3) is 0 Å². The Hall–Kier alpha value is -2.87. The number of piperidine rings is 1. The molecule has 0 radical (unpaired) electrons. The van der Waals surface area contributed by atoms with E-state index in [1.165, 1.54) is 6.07 Å². The van der Waals surface area contributed by atoms with Crippen LogP contribution in [0.15, 0.2) is 24.4 Å². The maximum atomic E-state index is 14.8. The summed E-state index contributed by atoms with van der Waals surface area (Å²) in [5, 5.41) is 13.6. The summed E-state index contributed by atoms with van der Waals surface area (Å²) in [6, 6.07) is 5.52. The van der Waals surface area contributed by atoms with Crippen molar-refractivity contribution in [3.63, 3.8) is 0 Å². The van der Waals surface area contributed by atoms with Crippen LogP contribution in [0.2, 0.25) is 0 Å². The molecule has 144 valence electrons. The number of likely N-dealkylation sites (tertiary alicyclic amines) is 1. The highest BCUT2D eigenvalue weighted by molar-refractivity contribution is 5.81. The van der Waals surface area contributed by atoms with E-state index < -0.39 is 0 Å². The van der Waals surface area contributed by atoms with Crippen molar-refractivity contribution in [2.24, 2.45) is 0 Å². The molecule has 1 aromatic carbocycles. The van der Waals surface area contributed by atoms with Crippen molar-refractivity contribution in [3.8, 4) is 11.3 Å². The Labute approximate surface area is 161 Å². The molecule has 1 aliphatic heterocycles. The fourth-order valence-electron chi connectivity index (χ4n) is 3.92. The largest absolute Gasteiger partial charge is 0.306 e. The number of nitrogens with zero attached hydrogens (tertiary/aromatic N) is 7. The van der Waals surface area contributed by atoms with Crippen molar-refractivity contribution in [3.05, 3.63) is 41.5 Å². The van der Waals surface area contributed by atoms with Gasteiger partial charge >= 0.3 is 0 Å². The van der Waals surface area contributed by atoms with Gasteiger partial charge in [0.05, 0.1) is 23.6 Å². The third kappa shape index (κ3) is 2.84. The quantitative estimate of drug-likeness (QED) is 0.535. The van der Waals surface area contributed by atoms with Crippen LogP contribution in [-0.4, -0.2) is 54.6 Å². The van der Waals surface area contributed by atoms with Gasteiger partial charge in [-0.05, 0) is 70.6 Å². The van der Waals surface area contributed by atoms with Crippen LogP contribution in [0.3, 0.4) is 0 Å². The van der Waals surface area contributed by atoms with Crippen LogP contribution in [0.1, 0.15) is 30.1 Å². The van der Waals surface area contributed by atoms with Gasteiger partial charge in [0.15, 0.2) is 11.5 Å². The summed E-state index contributed by atoms with van der Waals surface area (Å²) < 4.78 is 16.6. The number of fused-ring (bicyclic) bond motifs is 2. The normalized spacial score (nSPS) is 16.4. The molecule has 0 spiro atoms. The number of hydrogen-bond donors (Lipinski definition) is 0. The van der Waals surface area contributed by atoms with Crippen molar-refractivity contribution in [1.29, 1.82) is 0 Å². The lowest BCUT2D eigenvalue weighted by Crippen LogP contribution is -2.32. The van der Waals surface area contributed by atoms with Crippen LogP contribution in [0.25, 0.3) is 27.9 Å². The summed E-state index contributed by atoms with van der Waals surface area (Å²) in [4.78, 5) is 8.46. The third-order valence-electron chi connectivity index (χ3n) is 5.50. The van der Waals surface area contributed by atoms with E-state index in [0.717, 1.165) is 42.8 Å². The van der Waals surface area contributed by atoms with Crippen LogP contribution in [0.4, 0.5) is 4.39 Å². The van der Waals surface area contributed by atoms with E-state index in [4.69, 9.17) is 0 Å². The SMILES string of the molecule is Cc1cn2nc(-c3cc(F)c4nn(C5CCN(C)CC5)nc4c3)cc(C)c2n1. The minimum Gasteiger partial charge on any atom is -0.306 e.